The van der Waals surface area contributed by atoms with Crippen molar-refractivity contribution in [2.45, 2.75) is 0 Å². The summed E-state index contributed by atoms with van der Waals surface area (Å²) in [5.41, 5.74) is 0. The number of hydrogen-bond donors (Lipinski definition) is 0. The van der Waals surface area contributed by atoms with E-state index in [1.807, 2.05) is 24.3 Å². The molecule has 0 aromatic heterocycles. The van der Waals surface area contributed by atoms with Crippen LogP contribution in [0.15, 0.2) is 28.7 Å². The normalized spacial score (nSPS) is 8.80. The van der Waals surface area contributed by atoms with Crippen LogP contribution in [0, 0.1) is 10.2 Å². The van der Waals surface area contributed by atoms with Crippen LogP contribution in [0.1, 0.15) is 0 Å². The topological polar surface area (TPSA) is 23.8 Å². The number of benzene rings is 1. The van der Waals surface area contributed by atoms with Gasteiger partial charge in [-0.25, -0.2) is 0 Å². The average Bonchev–Trinajstić information content (AvgIpc) is 1.88. The zero-order valence-corrected chi connectivity index (χ0v) is 8.34. The maximum atomic E-state index is 8.37. The molecule has 0 radical (unpaired) electrons. The van der Waals surface area contributed by atoms with Crippen molar-refractivity contribution in [3.8, 4) is 4.97 Å². The molecule has 1 aromatic rings. The van der Waals surface area contributed by atoms with Crippen molar-refractivity contribution in [3.63, 3.8) is 0 Å². The van der Waals surface area contributed by atoms with Crippen LogP contribution in [-0.2, 0) is 0 Å². The first-order valence-electron chi connectivity index (χ1n) is 2.64. The molecule has 0 aliphatic heterocycles. The van der Waals surface area contributed by atoms with E-state index in [9.17, 15) is 0 Å². The van der Waals surface area contributed by atoms with Crippen LogP contribution in [-0.4, -0.2) is 15.0 Å². The fraction of sp³-hybridized carbons (Fsp3) is 0. The van der Waals surface area contributed by atoms with E-state index in [1.54, 1.807) is 0 Å². The van der Waals surface area contributed by atoms with E-state index in [2.05, 4.69) is 20.9 Å². The average molecular weight is 261 g/mol. The third-order valence-corrected chi connectivity index (χ3v) is 2.67. The van der Waals surface area contributed by atoms with Crippen molar-refractivity contribution in [1.82, 2.24) is 0 Å². The molecule has 3 heteroatoms. The van der Waals surface area contributed by atoms with Gasteiger partial charge in [0, 0.05) is 0 Å². The predicted octanol–water partition coefficient (Wildman–Crippen LogP) is 1.26. The Morgan fingerprint density at radius 3 is 2.90 bits per heavy atom. The predicted molar refractivity (Wildman–Crippen MR) is 45.1 cm³/mol. The molecule has 0 saturated carbocycles. The fourth-order valence-electron chi connectivity index (χ4n) is 0.583. The molecule has 10 heavy (non-hydrogen) atoms. The van der Waals surface area contributed by atoms with Crippen LogP contribution in [0.2, 0.25) is 0 Å². The van der Waals surface area contributed by atoms with Gasteiger partial charge in [0.25, 0.3) is 0 Å². The zero-order chi connectivity index (χ0) is 7.40. The molecular weight excluding hydrogens is 257 g/mol. The van der Waals surface area contributed by atoms with Gasteiger partial charge in [0.2, 0.25) is 0 Å². The molecule has 0 fully saturated rings. The molecule has 0 amide bonds. The van der Waals surface area contributed by atoms with Crippen LogP contribution in [0.25, 0.3) is 0 Å². The van der Waals surface area contributed by atoms with Crippen LogP contribution < -0.4 is 4.46 Å². The Balaban J connectivity index is 2.87. The summed E-state index contributed by atoms with van der Waals surface area (Å²) in [6, 6.07) is 7.84. The Hall–Kier alpha value is -0.291. The summed E-state index contributed by atoms with van der Waals surface area (Å²) < 4.78 is 2.16. The van der Waals surface area contributed by atoms with Gasteiger partial charge in [0.05, 0.1) is 0 Å². The first-order chi connectivity index (χ1) is 4.83. The fourth-order valence-corrected chi connectivity index (χ4v) is 2.24. The summed E-state index contributed by atoms with van der Waals surface area (Å²) in [5.74, 6) is 0. The second-order valence-electron chi connectivity index (χ2n) is 1.65. The second kappa shape index (κ2) is 3.78. The minimum atomic E-state index is -0.0240. The number of halogens is 1. The molecule has 0 heterocycles. The van der Waals surface area contributed by atoms with E-state index >= 15 is 0 Å². The summed E-state index contributed by atoms with van der Waals surface area (Å²) in [4.78, 5) is 2.15. The Morgan fingerprint density at radius 1 is 1.50 bits per heavy atom. The summed E-state index contributed by atoms with van der Waals surface area (Å²) in [7, 11) is 0. The third-order valence-electron chi connectivity index (χ3n) is 0.960. The zero-order valence-electron chi connectivity index (χ0n) is 5.04. The first kappa shape index (κ1) is 7.81. The van der Waals surface area contributed by atoms with Crippen molar-refractivity contribution in [2.24, 2.45) is 0 Å². The van der Waals surface area contributed by atoms with Crippen molar-refractivity contribution in [2.75, 3.05) is 0 Å². The van der Waals surface area contributed by atoms with E-state index in [1.165, 1.54) is 0 Å². The van der Waals surface area contributed by atoms with Crippen LogP contribution in [0.4, 0.5) is 0 Å². The molecule has 0 saturated heterocycles. The van der Waals surface area contributed by atoms with Gasteiger partial charge < -0.3 is 0 Å². The molecule has 0 unspecified atom stereocenters. The van der Waals surface area contributed by atoms with Crippen LogP contribution >= 0.6 is 15.9 Å². The van der Waals surface area contributed by atoms with Crippen molar-refractivity contribution in [3.05, 3.63) is 28.7 Å². The van der Waals surface area contributed by atoms with Gasteiger partial charge in [-0.2, -0.15) is 0 Å². The Bertz CT molecular complexity index is 267. The molecule has 50 valence electrons. The van der Waals surface area contributed by atoms with E-state index in [-0.39, 0.29) is 15.0 Å². The molecule has 0 atom stereocenters. The SMILES string of the molecule is N#C[Se]c1cccc(Br)c1. The summed E-state index contributed by atoms with van der Waals surface area (Å²) >= 11 is 3.31. The molecule has 1 aromatic carbocycles. The van der Waals surface area contributed by atoms with Crippen molar-refractivity contribution < 1.29 is 0 Å². The molecule has 0 bridgehead atoms. The standard InChI is InChI=1S/C7H4BrNSe/c8-6-2-1-3-7(4-6)10-5-9/h1-4H. The summed E-state index contributed by atoms with van der Waals surface area (Å²) in [6.45, 7) is 0. The van der Waals surface area contributed by atoms with Gasteiger partial charge in [-0.15, -0.1) is 0 Å². The Morgan fingerprint density at radius 2 is 2.30 bits per heavy atom. The van der Waals surface area contributed by atoms with Gasteiger partial charge >= 0.3 is 74.3 Å². The van der Waals surface area contributed by atoms with E-state index in [4.69, 9.17) is 5.26 Å². The van der Waals surface area contributed by atoms with Crippen molar-refractivity contribution >= 4 is 35.3 Å². The Kier molecular flexibility index (Phi) is 2.95. The molecule has 1 rings (SSSR count). The Labute approximate surface area is 74.3 Å². The summed E-state index contributed by atoms with van der Waals surface area (Å²) in [5, 5.41) is 8.37. The van der Waals surface area contributed by atoms with Crippen molar-refractivity contribution in [1.29, 1.82) is 5.26 Å². The van der Waals surface area contributed by atoms with Gasteiger partial charge in [-0.05, 0) is 0 Å². The molecule has 0 N–H and O–H groups in total. The maximum absolute atomic E-state index is 8.37. The molecule has 0 spiro atoms. The minimum absolute atomic E-state index is 0.0240. The third kappa shape index (κ3) is 2.15. The molecule has 0 aliphatic carbocycles. The quantitative estimate of drug-likeness (QED) is 0.698. The number of nitriles is 1. The number of hydrogen-bond acceptors (Lipinski definition) is 1. The van der Waals surface area contributed by atoms with Gasteiger partial charge in [0.1, 0.15) is 0 Å². The van der Waals surface area contributed by atoms with Gasteiger partial charge in [0.15, 0.2) is 0 Å². The van der Waals surface area contributed by atoms with E-state index < -0.39 is 0 Å². The summed E-state index contributed by atoms with van der Waals surface area (Å²) in [6.07, 6.45) is 0. The van der Waals surface area contributed by atoms with Gasteiger partial charge in [-0.1, -0.05) is 0 Å². The monoisotopic (exact) mass is 261 g/mol. The first-order valence-corrected chi connectivity index (χ1v) is 5.15. The van der Waals surface area contributed by atoms with E-state index in [0.717, 1.165) is 8.93 Å². The van der Waals surface area contributed by atoms with Gasteiger partial charge in [-0.3, -0.25) is 0 Å². The molecule has 0 aliphatic rings. The second-order valence-corrected chi connectivity index (χ2v) is 4.37. The number of rotatable bonds is 1. The number of nitrogens with zero attached hydrogens (tertiary/aromatic N) is 1. The van der Waals surface area contributed by atoms with E-state index in [0.29, 0.717) is 0 Å². The molecular formula is C7H4BrNSe. The molecule has 1 nitrogen and oxygen atoms in total. The van der Waals surface area contributed by atoms with Crippen LogP contribution in [0.5, 0.6) is 0 Å². The van der Waals surface area contributed by atoms with Crippen LogP contribution in [0.3, 0.4) is 0 Å².